The average molecular weight is 384 g/mol. The first-order valence-electron chi connectivity index (χ1n) is 7.88. The zero-order valence-corrected chi connectivity index (χ0v) is 13.7. The fourth-order valence-corrected chi connectivity index (χ4v) is 2.78. The van der Waals surface area contributed by atoms with Crippen LogP contribution in [0.3, 0.4) is 0 Å². The number of anilines is 2. The Kier molecular flexibility index (Phi) is 4.86. The van der Waals surface area contributed by atoms with Crippen LogP contribution in [-0.4, -0.2) is 18.4 Å². The van der Waals surface area contributed by atoms with Crippen LogP contribution in [0.15, 0.2) is 42.5 Å². The minimum atomic E-state index is -4.49. The molecule has 142 valence electrons. The zero-order valence-electron chi connectivity index (χ0n) is 13.7. The van der Waals surface area contributed by atoms with Crippen molar-refractivity contribution in [1.82, 2.24) is 0 Å². The number of carbonyl (C=O) groups excluding carboxylic acids is 2. The van der Waals surface area contributed by atoms with E-state index < -0.39 is 41.1 Å². The SMILES string of the molecule is O=C(Nc1ccc(F)c(F)c1)C1CC(=O)N(c2ccc(C(F)(F)F)cc2)C1. The summed E-state index contributed by atoms with van der Waals surface area (Å²) in [4.78, 5) is 25.6. The molecule has 0 bridgehead atoms. The number of benzene rings is 2. The number of hydrogen-bond donors (Lipinski definition) is 1. The van der Waals surface area contributed by atoms with E-state index in [1.807, 2.05) is 0 Å². The standard InChI is InChI=1S/C18H13F5N2O2/c19-14-6-3-12(8-15(14)20)24-17(27)10-7-16(26)25(9-10)13-4-1-11(2-5-13)18(21,22)23/h1-6,8,10H,7,9H2,(H,24,27). The summed E-state index contributed by atoms with van der Waals surface area (Å²) >= 11 is 0. The minimum absolute atomic E-state index is 0.0281. The van der Waals surface area contributed by atoms with Crippen molar-refractivity contribution >= 4 is 23.2 Å². The smallest absolute Gasteiger partial charge is 0.326 e. The summed E-state index contributed by atoms with van der Waals surface area (Å²) in [6, 6.07) is 6.90. The van der Waals surface area contributed by atoms with E-state index in [0.29, 0.717) is 0 Å². The number of nitrogens with zero attached hydrogens (tertiary/aromatic N) is 1. The van der Waals surface area contributed by atoms with Gasteiger partial charge in [0.15, 0.2) is 11.6 Å². The lowest BCUT2D eigenvalue weighted by Crippen LogP contribution is -2.28. The van der Waals surface area contributed by atoms with Crippen LogP contribution in [0.2, 0.25) is 0 Å². The molecule has 1 heterocycles. The first-order chi connectivity index (χ1) is 12.6. The van der Waals surface area contributed by atoms with Gasteiger partial charge in [-0.3, -0.25) is 9.59 Å². The lowest BCUT2D eigenvalue weighted by atomic mass is 10.1. The van der Waals surface area contributed by atoms with E-state index in [0.717, 1.165) is 36.4 Å². The van der Waals surface area contributed by atoms with Crippen LogP contribution in [-0.2, 0) is 15.8 Å². The van der Waals surface area contributed by atoms with Crippen LogP contribution in [0, 0.1) is 17.6 Å². The first kappa shape index (κ1) is 18.8. The predicted octanol–water partition coefficient (Wildman–Crippen LogP) is 3.98. The molecule has 0 aromatic heterocycles. The predicted molar refractivity (Wildman–Crippen MR) is 86.9 cm³/mol. The van der Waals surface area contributed by atoms with Crippen molar-refractivity contribution in [1.29, 1.82) is 0 Å². The van der Waals surface area contributed by atoms with Gasteiger partial charge in [0.25, 0.3) is 0 Å². The van der Waals surface area contributed by atoms with Gasteiger partial charge in [0.05, 0.1) is 11.5 Å². The normalized spacial score (nSPS) is 17.3. The van der Waals surface area contributed by atoms with E-state index in [2.05, 4.69) is 5.32 Å². The van der Waals surface area contributed by atoms with Gasteiger partial charge >= 0.3 is 6.18 Å². The first-order valence-corrected chi connectivity index (χ1v) is 7.88. The van der Waals surface area contributed by atoms with Gasteiger partial charge in [-0.15, -0.1) is 0 Å². The van der Waals surface area contributed by atoms with Crippen molar-refractivity contribution in [2.75, 3.05) is 16.8 Å². The largest absolute Gasteiger partial charge is 0.416 e. The molecule has 2 amide bonds. The lowest BCUT2D eigenvalue weighted by molar-refractivity contribution is -0.137. The number of alkyl halides is 3. The van der Waals surface area contributed by atoms with E-state index in [1.54, 1.807) is 0 Å². The molecule has 1 unspecified atom stereocenters. The third-order valence-corrected chi connectivity index (χ3v) is 4.19. The number of rotatable bonds is 3. The molecule has 1 N–H and O–H groups in total. The third kappa shape index (κ3) is 4.07. The molecule has 2 aromatic carbocycles. The molecule has 1 atom stereocenters. The highest BCUT2D eigenvalue weighted by Gasteiger charge is 2.36. The molecule has 4 nitrogen and oxygen atoms in total. The Morgan fingerprint density at radius 2 is 1.70 bits per heavy atom. The van der Waals surface area contributed by atoms with Crippen molar-refractivity contribution in [2.45, 2.75) is 12.6 Å². The summed E-state index contributed by atoms with van der Waals surface area (Å²) in [6.45, 7) is -0.0281. The summed E-state index contributed by atoms with van der Waals surface area (Å²) in [7, 11) is 0. The number of carbonyl (C=O) groups is 2. The van der Waals surface area contributed by atoms with Crippen LogP contribution in [0.5, 0.6) is 0 Å². The number of hydrogen-bond acceptors (Lipinski definition) is 2. The maximum absolute atomic E-state index is 13.2. The van der Waals surface area contributed by atoms with Crippen LogP contribution in [0.1, 0.15) is 12.0 Å². The van der Waals surface area contributed by atoms with Crippen LogP contribution < -0.4 is 10.2 Å². The molecule has 9 heteroatoms. The highest BCUT2D eigenvalue weighted by atomic mass is 19.4. The molecular formula is C18H13F5N2O2. The van der Waals surface area contributed by atoms with E-state index in [-0.39, 0.29) is 24.3 Å². The topological polar surface area (TPSA) is 49.4 Å². The van der Waals surface area contributed by atoms with Gasteiger partial charge < -0.3 is 10.2 Å². The lowest BCUT2D eigenvalue weighted by Gasteiger charge is -2.17. The monoisotopic (exact) mass is 384 g/mol. The van der Waals surface area contributed by atoms with Crippen molar-refractivity contribution in [3.05, 3.63) is 59.7 Å². The molecule has 0 saturated carbocycles. The summed E-state index contributed by atoms with van der Waals surface area (Å²) in [5.74, 6) is -3.93. The molecule has 0 radical (unpaired) electrons. The molecule has 3 rings (SSSR count). The molecule has 1 saturated heterocycles. The maximum Gasteiger partial charge on any atom is 0.416 e. The van der Waals surface area contributed by atoms with E-state index >= 15 is 0 Å². The number of amides is 2. The zero-order chi connectivity index (χ0) is 19.8. The molecule has 1 aliphatic heterocycles. The Balaban J connectivity index is 1.69. The van der Waals surface area contributed by atoms with Crippen LogP contribution >= 0.6 is 0 Å². The third-order valence-electron chi connectivity index (χ3n) is 4.19. The fourth-order valence-electron chi connectivity index (χ4n) is 2.78. The van der Waals surface area contributed by atoms with Gasteiger partial charge in [0, 0.05) is 30.4 Å². The Morgan fingerprint density at radius 1 is 1.04 bits per heavy atom. The molecule has 2 aromatic rings. The second kappa shape index (κ2) is 6.98. The summed E-state index contributed by atoms with van der Waals surface area (Å²) in [5.41, 5.74) is -0.555. The van der Waals surface area contributed by atoms with Gasteiger partial charge in [-0.05, 0) is 36.4 Å². The molecule has 0 spiro atoms. The maximum atomic E-state index is 13.2. The number of halogens is 5. The highest BCUT2D eigenvalue weighted by Crippen LogP contribution is 2.32. The Hall–Kier alpha value is -2.97. The molecule has 1 fully saturated rings. The van der Waals surface area contributed by atoms with Crippen molar-refractivity contribution in [3.8, 4) is 0 Å². The van der Waals surface area contributed by atoms with Gasteiger partial charge in [-0.1, -0.05) is 0 Å². The second-order valence-electron chi connectivity index (χ2n) is 6.07. The number of nitrogens with one attached hydrogen (secondary N) is 1. The Morgan fingerprint density at radius 3 is 2.30 bits per heavy atom. The van der Waals surface area contributed by atoms with Gasteiger partial charge in [0.2, 0.25) is 11.8 Å². The van der Waals surface area contributed by atoms with Gasteiger partial charge in [0.1, 0.15) is 0 Å². The average Bonchev–Trinajstić information content (AvgIpc) is 2.99. The molecule has 0 aliphatic carbocycles. The molecular weight excluding hydrogens is 371 g/mol. The van der Waals surface area contributed by atoms with Crippen LogP contribution in [0.4, 0.5) is 33.3 Å². The summed E-state index contributed by atoms with van der Waals surface area (Å²) in [6.07, 6.45) is -4.63. The minimum Gasteiger partial charge on any atom is -0.326 e. The quantitative estimate of drug-likeness (QED) is 0.814. The molecule has 27 heavy (non-hydrogen) atoms. The van der Waals surface area contributed by atoms with Crippen molar-refractivity contribution in [3.63, 3.8) is 0 Å². The van der Waals surface area contributed by atoms with E-state index in [9.17, 15) is 31.5 Å². The summed E-state index contributed by atoms with van der Waals surface area (Å²) in [5, 5.41) is 2.40. The van der Waals surface area contributed by atoms with Crippen molar-refractivity contribution < 1.29 is 31.5 Å². The summed E-state index contributed by atoms with van der Waals surface area (Å²) < 4.78 is 64.0. The fraction of sp³-hybridized carbons (Fsp3) is 0.222. The second-order valence-corrected chi connectivity index (χ2v) is 6.07. The Bertz CT molecular complexity index is 880. The molecule has 1 aliphatic rings. The van der Waals surface area contributed by atoms with E-state index in [4.69, 9.17) is 0 Å². The van der Waals surface area contributed by atoms with Gasteiger partial charge in [-0.25, -0.2) is 8.78 Å². The van der Waals surface area contributed by atoms with Gasteiger partial charge in [-0.2, -0.15) is 13.2 Å². The Labute approximate surface area is 150 Å². The van der Waals surface area contributed by atoms with Crippen LogP contribution in [0.25, 0.3) is 0 Å². The highest BCUT2D eigenvalue weighted by molar-refractivity contribution is 6.03. The van der Waals surface area contributed by atoms with Crippen molar-refractivity contribution in [2.24, 2.45) is 5.92 Å². The van der Waals surface area contributed by atoms with E-state index in [1.165, 1.54) is 11.0 Å².